The van der Waals surface area contributed by atoms with Crippen LogP contribution in [0.2, 0.25) is 0 Å². The highest BCUT2D eigenvalue weighted by molar-refractivity contribution is 6.08. The fourth-order valence-electron chi connectivity index (χ4n) is 2.90. The molecule has 0 bridgehead atoms. The number of carbonyl (C=O) groups is 2. The van der Waals surface area contributed by atoms with Gasteiger partial charge in [-0.3, -0.25) is 9.59 Å². The number of hydrogen-bond acceptors (Lipinski definition) is 4. The molecule has 0 aromatic heterocycles. The molecule has 0 unspecified atom stereocenters. The summed E-state index contributed by atoms with van der Waals surface area (Å²) in [7, 11) is 1.63. The lowest BCUT2D eigenvalue weighted by atomic mass is 10.1. The second-order valence-electron chi connectivity index (χ2n) is 6.69. The van der Waals surface area contributed by atoms with Crippen molar-refractivity contribution in [2.75, 3.05) is 13.7 Å². The van der Waals surface area contributed by atoms with Gasteiger partial charge < -0.3 is 15.2 Å². The molecule has 0 fully saturated rings. The minimum atomic E-state index is -0.284. The highest BCUT2D eigenvalue weighted by atomic mass is 16.5. The zero-order chi connectivity index (χ0) is 21.3. The molecule has 152 valence electrons. The Labute approximate surface area is 175 Å². The van der Waals surface area contributed by atoms with Gasteiger partial charge in [0, 0.05) is 12.1 Å². The van der Waals surface area contributed by atoms with Crippen LogP contribution in [0.15, 0.2) is 78.9 Å². The Morgan fingerprint density at radius 2 is 1.67 bits per heavy atom. The number of ether oxygens (including phenoxy) is 1. The third-order valence-electron chi connectivity index (χ3n) is 4.63. The van der Waals surface area contributed by atoms with Crippen molar-refractivity contribution in [2.45, 2.75) is 6.42 Å². The molecule has 0 heterocycles. The third kappa shape index (κ3) is 5.58. The van der Waals surface area contributed by atoms with Gasteiger partial charge in [0.1, 0.15) is 11.5 Å². The molecule has 3 aromatic rings. The van der Waals surface area contributed by atoms with Crippen molar-refractivity contribution in [1.82, 2.24) is 5.32 Å². The first-order valence-electron chi connectivity index (χ1n) is 9.58. The van der Waals surface area contributed by atoms with E-state index < -0.39 is 0 Å². The van der Waals surface area contributed by atoms with E-state index in [1.807, 2.05) is 24.3 Å². The second-order valence-corrected chi connectivity index (χ2v) is 6.69. The summed E-state index contributed by atoms with van der Waals surface area (Å²) in [6, 6.07) is 21.1. The Kier molecular flexibility index (Phi) is 7.00. The smallest absolute Gasteiger partial charge is 0.251 e. The SMILES string of the molecule is COc1ccc(CCNC(=O)c2ccc(C=CC(=O)c3ccccc3O)cc2)cc1. The second kappa shape index (κ2) is 10.1. The lowest BCUT2D eigenvalue weighted by Gasteiger charge is -2.07. The lowest BCUT2D eigenvalue weighted by molar-refractivity contribution is 0.0953. The third-order valence-corrected chi connectivity index (χ3v) is 4.63. The maximum absolute atomic E-state index is 12.3. The van der Waals surface area contributed by atoms with E-state index in [1.165, 1.54) is 12.1 Å². The van der Waals surface area contributed by atoms with Gasteiger partial charge in [0.2, 0.25) is 0 Å². The predicted octanol–water partition coefficient (Wildman–Crippen LogP) is 4.27. The van der Waals surface area contributed by atoms with E-state index in [2.05, 4.69) is 5.32 Å². The number of methoxy groups -OCH3 is 1. The van der Waals surface area contributed by atoms with Gasteiger partial charge in [-0.2, -0.15) is 0 Å². The van der Waals surface area contributed by atoms with Crippen molar-refractivity contribution in [3.8, 4) is 11.5 Å². The first-order chi connectivity index (χ1) is 14.6. The van der Waals surface area contributed by atoms with Crippen LogP contribution >= 0.6 is 0 Å². The molecule has 1 amide bonds. The van der Waals surface area contributed by atoms with Crippen molar-refractivity contribution in [1.29, 1.82) is 0 Å². The summed E-state index contributed by atoms with van der Waals surface area (Å²) in [5.41, 5.74) is 2.70. The van der Waals surface area contributed by atoms with Crippen LogP contribution in [0.3, 0.4) is 0 Å². The highest BCUT2D eigenvalue weighted by Crippen LogP contribution is 2.17. The Hall–Kier alpha value is -3.86. The number of rotatable bonds is 8. The van der Waals surface area contributed by atoms with Crippen LogP contribution in [0.5, 0.6) is 11.5 Å². The predicted molar refractivity (Wildman–Crippen MR) is 117 cm³/mol. The van der Waals surface area contributed by atoms with Gasteiger partial charge in [-0.05, 0) is 60.0 Å². The first-order valence-corrected chi connectivity index (χ1v) is 9.58. The summed E-state index contributed by atoms with van der Waals surface area (Å²) >= 11 is 0. The van der Waals surface area contributed by atoms with E-state index in [0.717, 1.165) is 23.3 Å². The van der Waals surface area contributed by atoms with Crippen LogP contribution in [-0.2, 0) is 6.42 Å². The van der Waals surface area contributed by atoms with E-state index in [4.69, 9.17) is 4.74 Å². The van der Waals surface area contributed by atoms with Gasteiger partial charge in [0.25, 0.3) is 5.91 Å². The Morgan fingerprint density at radius 3 is 2.33 bits per heavy atom. The molecule has 30 heavy (non-hydrogen) atoms. The molecule has 3 aromatic carbocycles. The number of para-hydroxylation sites is 1. The average Bonchev–Trinajstić information content (AvgIpc) is 2.78. The summed E-state index contributed by atoms with van der Waals surface area (Å²) in [6.45, 7) is 0.530. The molecular weight excluding hydrogens is 378 g/mol. The lowest BCUT2D eigenvalue weighted by Crippen LogP contribution is -2.25. The van der Waals surface area contributed by atoms with Crippen LogP contribution in [0.25, 0.3) is 6.08 Å². The zero-order valence-electron chi connectivity index (χ0n) is 16.7. The molecule has 5 heteroatoms. The number of phenolic OH excluding ortho intramolecular Hbond substituents is 1. The number of phenols is 1. The highest BCUT2D eigenvalue weighted by Gasteiger charge is 2.07. The van der Waals surface area contributed by atoms with Crippen molar-refractivity contribution in [2.24, 2.45) is 0 Å². The summed E-state index contributed by atoms with van der Waals surface area (Å²) in [5.74, 6) is 0.325. The standard InChI is InChI=1S/C25H23NO4/c1-30-21-13-8-19(9-14-21)16-17-26-25(29)20-11-6-18(7-12-20)10-15-24(28)22-4-2-3-5-23(22)27/h2-15,27H,16-17H2,1H3,(H,26,29). The molecule has 0 aliphatic carbocycles. The summed E-state index contributed by atoms with van der Waals surface area (Å²) in [5, 5.41) is 12.6. The van der Waals surface area contributed by atoms with E-state index in [9.17, 15) is 14.7 Å². The van der Waals surface area contributed by atoms with Crippen molar-refractivity contribution < 1.29 is 19.4 Å². The van der Waals surface area contributed by atoms with Crippen LogP contribution < -0.4 is 10.1 Å². The van der Waals surface area contributed by atoms with Gasteiger partial charge in [-0.15, -0.1) is 0 Å². The van der Waals surface area contributed by atoms with Gasteiger partial charge in [-0.25, -0.2) is 0 Å². The molecular formula is C25H23NO4. The van der Waals surface area contributed by atoms with Gasteiger partial charge in [-0.1, -0.05) is 42.5 Å². The average molecular weight is 401 g/mol. The number of allylic oxidation sites excluding steroid dienone is 1. The van der Waals surface area contributed by atoms with Crippen molar-refractivity contribution in [3.05, 3.63) is 101 Å². The number of hydrogen-bond donors (Lipinski definition) is 2. The van der Waals surface area contributed by atoms with Crippen molar-refractivity contribution in [3.63, 3.8) is 0 Å². The summed E-state index contributed by atoms with van der Waals surface area (Å²) in [4.78, 5) is 24.5. The summed E-state index contributed by atoms with van der Waals surface area (Å²) in [6.07, 6.45) is 3.78. The van der Waals surface area contributed by atoms with E-state index in [-0.39, 0.29) is 23.0 Å². The van der Waals surface area contributed by atoms with Crippen LogP contribution in [-0.4, -0.2) is 30.5 Å². The minimum Gasteiger partial charge on any atom is -0.507 e. The normalized spacial score (nSPS) is 10.7. The topological polar surface area (TPSA) is 75.6 Å². The molecule has 2 N–H and O–H groups in total. The summed E-state index contributed by atoms with van der Waals surface area (Å²) < 4.78 is 5.13. The van der Waals surface area contributed by atoms with Gasteiger partial charge >= 0.3 is 0 Å². The Bertz CT molecular complexity index is 1040. The molecule has 0 radical (unpaired) electrons. The zero-order valence-corrected chi connectivity index (χ0v) is 16.7. The Morgan fingerprint density at radius 1 is 0.967 bits per heavy atom. The number of ketones is 1. The minimum absolute atomic E-state index is 0.0474. The van der Waals surface area contributed by atoms with Crippen molar-refractivity contribution >= 4 is 17.8 Å². The van der Waals surface area contributed by atoms with E-state index in [1.54, 1.807) is 55.7 Å². The molecule has 0 atom stereocenters. The molecule has 3 rings (SSSR count). The molecule has 0 saturated carbocycles. The van der Waals surface area contributed by atoms with Crippen LogP contribution in [0, 0.1) is 0 Å². The number of benzene rings is 3. The number of nitrogens with one attached hydrogen (secondary N) is 1. The number of aromatic hydroxyl groups is 1. The molecule has 0 spiro atoms. The monoisotopic (exact) mass is 401 g/mol. The maximum Gasteiger partial charge on any atom is 0.251 e. The fourth-order valence-corrected chi connectivity index (χ4v) is 2.90. The Balaban J connectivity index is 1.52. The van der Waals surface area contributed by atoms with E-state index >= 15 is 0 Å². The largest absolute Gasteiger partial charge is 0.507 e. The van der Waals surface area contributed by atoms with E-state index in [0.29, 0.717) is 12.1 Å². The molecule has 5 nitrogen and oxygen atoms in total. The first kappa shape index (κ1) is 20.9. The number of amides is 1. The quantitative estimate of drug-likeness (QED) is 0.437. The van der Waals surface area contributed by atoms with Gasteiger partial charge in [0.05, 0.1) is 12.7 Å². The molecule has 0 aliphatic rings. The molecule has 0 saturated heterocycles. The fraction of sp³-hybridized carbons (Fsp3) is 0.120. The van der Waals surface area contributed by atoms with Crippen LogP contribution in [0.4, 0.5) is 0 Å². The van der Waals surface area contributed by atoms with Gasteiger partial charge in [0.15, 0.2) is 5.78 Å². The molecule has 0 aliphatic heterocycles. The van der Waals surface area contributed by atoms with Crippen LogP contribution in [0.1, 0.15) is 31.8 Å². The maximum atomic E-state index is 12.3. The number of carbonyl (C=O) groups excluding carboxylic acids is 2.